The van der Waals surface area contributed by atoms with Crippen molar-refractivity contribution in [1.82, 2.24) is 10.6 Å². The van der Waals surface area contributed by atoms with Gasteiger partial charge in [-0.3, -0.25) is 14.4 Å². The van der Waals surface area contributed by atoms with Crippen LogP contribution in [0.3, 0.4) is 0 Å². The molecule has 0 saturated heterocycles. The van der Waals surface area contributed by atoms with Crippen LogP contribution in [0.1, 0.15) is 33.6 Å². The summed E-state index contributed by atoms with van der Waals surface area (Å²) in [5, 5.41) is 13.5. The van der Waals surface area contributed by atoms with Crippen molar-refractivity contribution in [2.24, 2.45) is 5.92 Å². The number of hydrogen-bond donors (Lipinski definition) is 3. The highest BCUT2D eigenvalue weighted by molar-refractivity contribution is 5.83. The fourth-order valence-electron chi connectivity index (χ4n) is 1.13. The van der Waals surface area contributed by atoms with Crippen LogP contribution < -0.4 is 10.6 Å². The summed E-state index contributed by atoms with van der Waals surface area (Å²) in [5.41, 5.74) is 0. The Hall–Kier alpha value is -1.59. The van der Waals surface area contributed by atoms with Crippen LogP contribution in [-0.2, 0) is 14.4 Å². The van der Waals surface area contributed by atoms with E-state index in [1.54, 1.807) is 0 Å². The highest BCUT2D eigenvalue weighted by atomic mass is 16.4. The molecule has 6 heteroatoms. The minimum Gasteiger partial charge on any atom is -0.480 e. The van der Waals surface area contributed by atoms with Crippen LogP contribution in [0.2, 0.25) is 0 Å². The maximum absolute atomic E-state index is 11.2. The zero-order chi connectivity index (χ0) is 13.4. The van der Waals surface area contributed by atoms with Gasteiger partial charge < -0.3 is 15.7 Å². The van der Waals surface area contributed by atoms with Crippen LogP contribution >= 0.6 is 0 Å². The zero-order valence-electron chi connectivity index (χ0n) is 10.4. The van der Waals surface area contributed by atoms with Crippen molar-refractivity contribution in [3.05, 3.63) is 0 Å². The predicted molar refractivity (Wildman–Crippen MR) is 62.3 cm³/mol. The molecule has 0 heterocycles. The first-order valence-electron chi connectivity index (χ1n) is 5.61. The maximum Gasteiger partial charge on any atom is 0.325 e. The van der Waals surface area contributed by atoms with E-state index in [9.17, 15) is 14.4 Å². The van der Waals surface area contributed by atoms with Crippen molar-refractivity contribution in [2.45, 2.75) is 39.7 Å². The van der Waals surface area contributed by atoms with Crippen LogP contribution in [0, 0.1) is 5.92 Å². The Balaban J connectivity index is 3.71. The second kappa shape index (κ2) is 7.65. The second-order valence-corrected chi connectivity index (χ2v) is 4.33. The number of carbonyl (C=O) groups excluding carboxylic acids is 2. The molecule has 98 valence electrons. The third-order valence-electron chi connectivity index (χ3n) is 2.02. The van der Waals surface area contributed by atoms with Gasteiger partial charge in [-0.15, -0.1) is 0 Å². The lowest BCUT2D eigenvalue weighted by molar-refractivity contribution is -0.141. The summed E-state index contributed by atoms with van der Waals surface area (Å²) in [7, 11) is 0. The molecule has 17 heavy (non-hydrogen) atoms. The van der Waals surface area contributed by atoms with E-state index in [1.165, 1.54) is 6.92 Å². The molecule has 0 aromatic heterocycles. The molecule has 3 N–H and O–H groups in total. The Morgan fingerprint density at radius 3 is 2.18 bits per heavy atom. The molecule has 1 atom stereocenters. The van der Waals surface area contributed by atoms with Gasteiger partial charge in [-0.25, -0.2) is 0 Å². The molecule has 0 saturated carbocycles. The van der Waals surface area contributed by atoms with E-state index >= 15 is 0 Å². The maximum atomic E-state index is 11.2. The second-order valence-electron chi connectivity index (χ2n) is 4.33. The summed E-state index contributed by atoms with van der Waals surface area (Å²) in [4.78, 5) is 32.9. The van der Waals surface area contributed by atoms with Gasteiger partial charge in [-0.1, -0.05) is 13.8 Å². The monoisotopic (exact) mass is 244 g/mol. The van der Waals surface area contributed by atoms with Gasteiger partial charge in [-0.2, -0.15) is 0 Å². The predicted octanol–water partition coefficient (Wildman–Crippen LogP) is 0.128. The van der Waals surface area contributed by atoms with Gasteiger partial charge in [0.2, 0.25) is 11.8 Å². The third-order valence-corrected chi connectivity index (χ3v) is 2.02. The van der Waals surface area contributed by atoms with Gasteiger partial charge >= 0.3 is 5.97 Å². The van der Waals surface area contributed by atoms with Gasteiger partial charge in [0, 0.05) is 19.4 Å². The Morgan fingerprint density at radius 1 is 1.12 bits per heavy atom. The Morgan fingerprint density at radius 2 is 1.71 bits per heavy atom. The van der Waals surface area contributed by atoms with Crippen molar-refractivity contribution in [3.63, 3.8) is 0 Å². The van der Waals surface area contributed by atoms with Gasteiger partial charge in [0.05, 0.1) is 0 Å². The van der Waals surface area contributed by atoms with Crippen LogP contribution in [-0.4, -0.2) is 35.5 Å². The van der Waals surface area contributed by atoms with Crippen LogP contribution in [0.5, 0.6) is 0 Å². The summed E-state index contributed by atoms with van der Waals surface area (Å²) in [5.74, 6) is -1.29. The van der Waals surface area contributed by atoms with Crippen LogP contribution in [0.25, 0.3) is 0 Å². The lowest BCUT2D eigenvalue weighted by atomic mass is 10.1. The fraction of sp³-hybridized carbons (Fsp3) is 0.727. The Bertz CT molecular complexity index is 289. The first kappa shape index (κ1) is 15.4. The lowest BCUT2D eigenvalue weighted by Crippen LogP contribution is -2.39. The van der Waals surface area contributed by atoms with E-state index in [2.05, 4.69) is 10.6 Å². The highest BCUT2D eigenvalue weighted by Crippen LogP contribution is 1.97. The SMILES string of the molecule is CC(C)CC(=O)NCCC(=O)N[C@H](C)C(=O)O. The molecule has 6 nitrogen and oxygen atoms in total. The molecule has 0 aliphatic carbocycles. The first-order valence-corrected chi connectivity index (χ1v) is 5.61. The number of aliphatic carboxylic acids is 1. The smallest absolute Gasteiger partial charge is 0.325 e. The number of amides is 2. The number of carbonyl (C=O) groups is 3. The largest absolute Gasteiger partial charge is 0.480 e. The van der Waals surface area contributed by atoms with E-state index in [0.29, 0.717) is 6.42 Å². The van der Waals surface area contributed by atoms with Gasteiger partial charge in [0.1, 0.15) is 6.04 Å². The fourth-order valence-corrected chi connectivity index (χ4v) is 1.13. The Labute approximate surface area is 101 Å². The number of carboxylic acids is 1. The minimum atomic E-state index is -1.08. The molecule has 0 aliphatic heterocycles. The summed E-state index contributed by atoms with van der Waals surface area (Å²) in [6, 6.07) is -0.908. The van der Waals surface area contributed by atoms with E-state index < -0.39 is 12.0 Å². The first-order chi connectivity index (χ1) is 7.82. The molecule has 0 aromatic rings. The molecule has 0 aromatic carbocycles. The molecule has 0 rings (SSSR count). The summed E-state index contributed by atoms with van der Waals surface area (Å²) in [6.07, 6.45) is 0.509. The molecule has 0 spiro atoms. The van der Waals surface area contributed by atoms with Gasteiger partial charge in [0.25, 0.3) is 0 Å². The van der Waals surface area contributed by atoms with E-state index in [0.717, 1.165) is 0 Å². The van der Waals surface area contributed by atoms with Gasteiger partial charge in [0.15, 0.2) is 0 Å². The average molecular weight is 244 g/mol. The topological polar surface area (TPSA) is 95.5 Å². The number of carboxylic acid groups (broad SMARTS) is 1. The van der Waals surface area contributed by atoms with Crippen molar-refractivity contribution in [2.75, 3.05) is 6.54 Å². The molecular formula is C11H20N2O4. The molecule has 0 unspecified atom stereocenters. The van der Waals surface area contributed by atoms with E-state index in [-0.39, 0.29) is 30.7 Å². The Kier molecular flexibility index (Phi) is 6.93. The van der Waals surface area contributed by atoms with Crippen molar-refractivity contribution in [1.29, 1.82) is 0 Å². The van der Waals surface area contributed by atoms with Crippen LogP contribution in [0.4, 0.5) is 0 Å². The average Bonchev–Trinajstić information content (AvgIpc) is 2.15. The standard InChI is InChI=1S/C11H20N2O4/c1-7(2)6-10(15)12-5-4-9(14)13-8(3)11(16)17/h7-8H,4-6H2,1-3H3,(H,12,15)(H,13,14)(H,16,17)/t8-/m1/s1. The normalized spacial score (nSPS) is 12.0. The summed E-state index contributed by atoms with van der Waals surface area (Å²) >= 11 is 0. The number of hydrogen-bond acceptors (Lipinski definition) is 3. The van der Waals surface area contributed by atoms with Crippen molar-refractivity contribution in [3.8, 4) is 0 Å². The lowest BCUT2D eigenvalue weighted by Gasteiger charge is -2.10. The molecule has 0 fully saturated rings. The number of rotatable bonds is 7. The molecule has 2 amide bonds. The summed E-state index contributed by atoms with van der Waals surface area (Å²) < 4.78 is 0. The zero-order valence-corrected chi connectivity index (χ0v) is 10.4. The van der Waals surface area contributed by atoms with E-state index in [1.807, 2.05) is 13.8 Å². The highest BCUT2D eigenvalue weighted by Gasteiger charge is 2.13. The quantitative estimate of drug-likeness (QED) is 0.593. The van der Waals surface area contributed by atoms with Gasteiger partial charge in [-0.05, 0) is 12.8 Å². The minimum absolute atomic E-state index is 0.0848. The van der Waals surface area contributed by atoms with Crippen LogP contribution in [0.15, 0.2) is 0 Å². The van der Waals surface area contributed by atoms with Crippen molar-refractivity contribution < 1.29 is 19.5 Å². The van der Waals surface area contributed by atoms with E-state index in [4.69, 9.17) is 5.11 Å². The van der Waals surface area contributed by atoms with Crippen molar-refractivity contribution >= 4 is 17.8 Å². The third kappa shape index (κ3) is 8.24. The number of nitrogens with one attached hydrogen (secondary N) is 2. The molecule has 0 bridgehead atoms. The molecule has 0 radical (unpaired) electrons. The molecule has 0 aliphatic rings. The molecular weight excluding hydrogens is 224 g/mol. The summed E-state index contributed by atoms with van der Waals surface area (Å²) in [6.45, 7) is 5.48.